The fourth-order valence-electron chi connectivity index (χ4n) is 2.85. The Bertz CT molecular complexity index is 408. The molecule has 19 heavy (non-hydrogen) atoms. The maximum Gasteiger partial charge on any atom is 0.225 e. The van der Waals surface area contributed by atoms with Crippen molar-refractivity contribution >= 4 is 21.9 Å². The van der Waals surface area contributed by atoms with Crippen molar-refractivity contribution in [3.63, 3.8) is 0 Å². The smallest absolute Gasteiger partial charge is 0.225 e. The molecule has 0 bridgehead atoms. The van der Waals surface area contributed by atoms with Gasteiger partial charge in [0.25, 0.3) is 0 Å². The molecule has 1 atom stereocenters. The van der Waals surface area contributed by atoms with E-state index in [-0.39, 0.29) is 0 Å². The van der Waals surface area contributed by atoms with Crippen molar-refractivity contribution in [2.75, 3.05) is 44.3 Å². The summed E-state index contributed by atoms with van der Waals surface area (Å²) < 4.78 is 6.36. The lowest BCUT2D eigenvalue weighted by Crippen LogP contribution is -2.51. The van der Waals surface area contributed by atoms with Gasteiger partial charge in [0.05, 0.1) is 17.7 Å². The van der Waals surface area contributed by atoms with E-state index >= 15 is 0 Å². The fourth-order valence-corrected chi connectivity index (χ4v) is 3.05. The van der Waals surface area contributed by atoms with Crippen molar-refractivity contribution in [2.24, 2.45) is 0 Å². The van der Waals surface area contributed by atoms with E-state index < -0.39 is 0 Å². The Morgan fingerprint density at radius 3 is 2.63 bits per heavy atom. The molecule has 2 saturated heterocycles. The SMILES string of the molecule is Brc1cnc(N2CCCC(N3CCOCC3)C2)nc1. The molecule has 1 unspecified atom stereocenters. The van der Waals surface area contributed by atoms with Crippen LogP contribution in [0.3, 0.4) is 0 Å². The standard InChI is InChI=1S/C13H19BrN4O/c14-11-8-15-13(16-9-11)18-3-1-2-12(10-18)17-4-6-19-7-5-17/h8-9,12H,1-7,10H2. The number of hydrogen-bond donors (Lipinski definition) is 0. The second-order valence-corrected chi connectivity index (χ2v) is 6.01. The third kappa shape index (κ3) is 3.24. The average Bonchev–Trinajstić information content (AvgIpc) is 2.49. The minimum Gasteiger partial charge on any atom is -0.379 e. The molecule has 0 aliphatic carbocycles. The summed E-state index contributed by atoms with van der Waals surface area (Å²) in [5.41, 5.74) is 0. The lowest BCUT2D eigenvalue weighted by molar-refractivity contribution is 0.0136. The first kappa shape index (κ1) is 13.3. The highest BCUT2D eigenvalue weighted by atomic mass is 79.9. The van der Waals surface area contributed by atoms with Gasteiger partial charge in [-0.25, -0.2) is 9.97 Å². The Morgan fingerprint density at radius 2 is 1.89 bits per heavy atom. The van der Waals surface area contributed by atoms with Gasteiger partial charge in [0.2, 0.25) is 5.95 Å². The Morgan fingerprint density at radius 1 is 1.16 bits per heavy atom. The zero-order valence-electron chi connectivity index (χ0n) is 11.0. The van der Waals surface area contributed by atoms with Gasteiger partial charge in [-0.05, 0) is 28.8 Å². The number of morpholine rings is 1. The highest BCUT2D eigenvalue weighted by Gasteiger charge is 2.27. The van der Waals surface area contributed by atoms with E-state index in [1.54, 1.807) is 0 Å². The zero-order chi connectivity index (χ0) is 13.1. The van der Waals surface area contributed by atoms with Crippen LogP contribution in [-0.2, 0) is 4.74 Å². The molecule has 2 aliphatic rings. The van der Waals surface area contributed by atoms with E-state index in [1.807, 2.05) is 12.4 Å². The molecule has 0 amide bonds. The molecular weight excluding hydrogens is 308 g/mol. The molecule has 2 fully saturated rings. The largest absolute Gasteiger partial charge is 0.379 e. The maximum absolute atomic E-state index is 5.43. The molecule has 0 radical (unpaired) electrons. The molecule has 3 heterocycles. The van der Waals surface area contributed by atoms with Crippen LogP contribution in [0, 0.1) is 0 Å². The molecule has 1 aromatic rings. The minimum absolute atomic E-state index is 0.616. The lowest BCUT2D eigenvalue weighted by Gasteiger charge is -2.40. The summed E-state index contributed by atoms with van der Waals surface area (Å²) in [6, 6.07) is 0.616. The highest BCUT2D eigenvalue weighted by Crippen LogP contribution is 2.20. The number of aromatic nitrogens is 2. The third-order valence-electron chi connectivity index (χ3n) is 3.85. The molecule has 0 saturated carbocycles. The van der Waals surface area contributed by atoms with Gasteiger partial charge in [0, 0.05) is 44.6 Å². The molecule has 6 heteroatoms. The van der Waals surface area contributed by atoms with E-state index in [0.717, 1.165) is 49.8 Å². The van der Waals surface area contributed by atoms with Gasteiger partial charge in [-0.3, -0.25) is 4.90 Å². The van der Waals surface area contributed by atoms with Gasteiger partial charge < -0.3 is 9.64 Å². The summed E-state index contributed by atoms with van der Waals surface area (Å²) in [4.78, 5) is 13.7. The number of anilines is 1. The summed E-state index contributed by atoms with van der Waals surface area (Å²) in [6.07, 6.45) is 6.12. The number of hydrogen-bond acceptors (Lipinski definition) is 5. The molecule has 1 aromatic heterocycles. The van der Waals surface area contributed by atoms with E-state index in [0.29, 0.717) is 6.04 Å². The molecule has 0 aromatic carbocycles. The number of ether oxygens (including phenoxy) is 1. The number of halogens is 1. The van der Waals surface area contributed by atoms with E-state index in [4.69, 9.17) is 4.74 Å². The summed E-state index contributed by atoms with van der Waals surface area (Å²) >= 11 is 3.38. The van der Waals surface area contributed by atoms with Crippen LogP contribution >= 0.6 is 15.9 Å². The van der Waals surface area contributed by atoms with Crippen LogP contribution < -0.4 is 4.90 Å². The lowest BCUT2D eigenvalue weighted by atomic mass is 10.0. The summed E-state index contributed by atoms with van der Waals surface area (Å²) in [6.45, 7) is 5.93. The van der Waals surface area contributed by atoms with E-state index in [1.165, 1.54) is 12.8 Å². The first-order valence-corrected chi connectivity index (χ1v) is 7.66. The van der Waals surface area contributed by atoms with Crippen molar-refractivity contribution in [1.29, 1.82) is 0 Å². The van der Waals surface area contributed by atoms with Crippen molar-refractivity contribution in [2.45, 2.75) is 18.9 Å². The van der Waals surface area contributed by atoms with Crippen LogP contribution in [0.25, 0.3) is 0 Å². The topological polar surface area (TPSA) is 41.5 Å². The van der Waals surface area contributed by atoms with Crippen molar-refractivity contribution in [3.05, 3.63) is 16.9 Å². The normalized spacial score (nSPS) is 25.5. The van der Waals surface area contributed by atoms with Crippen LogP contribution in [0.4, 0.5) is 5.95 Å². The number of nitrogens with zero attached hydrogens (tertiary/aromatic N) is 4. The van der Waals surface area contributed by atoms with Crippen LogP contribution in [0.1, 0.15) is 12.8 Å². The second-order valence-electron chi connectivity index (χ2n) is 5.09. The minimum atomic E-state index is 0.616. The second kappa shape index (κ2) is 6.15. The zero-order valence-corrected chi connectivity index (χ0v) is 12.5. The molecular formula is C13H19BrN4O. The van der Waals surface area contributed by atoms with Crippen LogP contribution in [-0.4, -0.2) is 60.3 Å². The predicted molar refractivity (Wildman–Crippen MR) is 77.4 cm³/mol. The van der Waals surface area contributed by atoms with Crippen molar-refractivity contribution < 1.29 is 4.74 Å². The third-order valence-corrected chi connectivity index (χ3v) is 4.26. The molecule has 104 valence electrons. The summed E-state index contributed by atoms with van der Waals surface area (Å²) in [5, 5.41) is 0. The number of rotatable bonds is 2. The molecule has 0 N–H and O–H groups in total. The van der Waals surface area contributed by atoms with Crippen LogP contribution in [0.2, 0.25) is 0 Å². The summed E-state index contributed by atoms with van der Waals surface area (Å²) in [7, 11) is 0. The van der Waals surface area contributed by atoms with Gasteiger partial charge in [-0.2, -0.15) is 0 Å². The van der Waals surface area contributed by atoms with Crippen molar-refractivity contribution in [1.82, 2.24) is 14.9 Å². The quantitative estimate of drug-likeness (QED) is 0.824. The van der Waals surface area contributed by atoms with Gasteiger partial charge in [0.15, 0.2) is 0 Å². The molecule has 0 spiro atoms. The Labute approximate surface area is 122 Å². The Hall–Kier alpha value is -0.720. The molecule has 2 aliphatic heterocycles. The Balaban J connectivity index is 1.65. The van der Waals surface area contributed by atoms with Gasteiger partial charge in [0.1, 0.15) is 0 Å². The van der Waals surface area contributed by atoms with Crippen LogP contribution in [0.15, 0.2) is 16.9 Å². The molecule has 3 rings (SSSR count). The van der Waals surface area contributed by atoms with Gasteiger partial charge in [-0.15, -0.1) is 0 Å². The number of piperidine rings is 1. The van der Waals surface area contributed by atoms with E-state index in [9.17, 15) is 0 Å². The van der Waals surface area contributed by atoms with Gasteiger partial charge >= 0.3 is 0 Å². The monoisotopic (exact) mass is 326 g/mol. The van der Waals surface area contributed by atoms with E-state index in [2.05, 4.69) is 35.7 Å². The first-order chi connectivity index (χ1) is 9.33. The van der Waals surface area contributed by atoms with Crippen LogP contribution in [0.5, 0.6) is 0 Å². The highest BCUT2D eigenvalue weighted by molar-refractivity contribution is 9.10. The first-order valence-electron chi connectivity index (χ1n) is 6.87. The fraction of sp³-hybridized carbons (Fsp3) is 0.692. The molecule has 5 nitrogen and oxygen atoms in total. The van der Waals surface area contributed by atoms with Gasteiger partial charge in [-0.1, -0.05) is 0 Å². The average molecular weight is 327 g/mol. The Kier molecular flexibility index (Phi) is 4.30. The maximum atomic E-state index is 5.43. The van der Waals surface area contributed by atoms with Crippen molar-refractivity contribution in [3.8, 4) is 0 Å². The predicted octanol–water partition coefficient (Wildman–Crippen LogP) is 1.54. The summed E-state index contributed by atoms with van der Waals surface area (Å²) in [5.74, 6) is 0.848.